The summed E-state index contributed by atoms with van der Waals surface area (Å²) in [5.41, 5.74) is 0.880. The Morgan fingerprint density at radius 3 is 3.10 bits per heavy atom. The summed E-state index contributed by atoms with van der Waals surface area (Å²) >= 11 is 1.57. The lowest BCUT2D eigenvalue weighted by Gasteiger charge is -2.22. The molecule has 4 nitrogen and oxygen atoms in total. The number of aliphatic hydroxyl groups is 1. The Hall–Kier alpha value is -1.35. The fraction of sp³-hybridized carbons (Fsp3) is 0.533. The van der Waals surface area contributed by atoms with Gasteiger partial charge in [0.1, 0.15) is 12.7 Å². The molecule has 0 saturated carbocycles. The van der Waals surface area contributed by atoms with Gasteiger partial charge in [-0.25, -0.2) is 0 Å². The SMILES string of the molecule is CC1CCOC1C(=O)N(C)Cc1cc(C#CCO)cs1. The summed E-state index contributed by atoms with van der Waals surface area (Å²) in [5.74, 6) is 5.82. The number of carbonyl (C=O) groups is 1. The quantitative estimate of drug-likeness (QED) is 0.859. The molecule has 1 saturated heterocycles. The average Bonchev–Trinajstić information content (AvgIpc) is 3.04. The zero-order chi connectivity index (χ0) is 14.5. The van der Waals surface area contributed by atoms with Crippen LogP contribution in [0.15, 0.2) is 11.4 Å². The molecule has 1 aliphatic heterocycles. The molecule has 2 atom stereocenters. The second-order valence-electron chi connectivity index (χ2n) is 5.01. The van der Waals surface area contributed by atoms with E-state index >= 15 is 0 Å². The normalized spacial score (nSPS) is 21.4. The summed E-state index contributed by atoms with van der Waals surface area (Å²) < 4.78 is 5.51. The summed E-state index contributed by atoms with van der Waals surface area (Å²) in [4.78, 5) is 15.1. The number of amides is 1. The van der Waals surface area contributed by atoms with E-state index in [1.165, 1.54) is 0 Å². The summed E-state index contributed by atoms with van der Waals surface area (Å²) in [6.45, 7) is 3.15. The summed E-state index contributed by atoms with van der Waals surface area (Å²) in [5, 5.41) is 10.6. The number of nitrogens with zero attached hydrogens (tertiary/aromatic N) is 1. The van der Waals surface area contributed by atoms with Gasteiger partial charge in [-0.15, -0.1) is 11.3 Å². The van der Waals surface area contributed by atoms with Gasteiger partial charge in [-0.3, -0.25) is 4.79 Å². The molecule has 1 aliphatic rings. The second kappa shape index (κ2) is 6.89. The number of hydrogen-bond donors (Lipinski definition) is 1. The van der Waals surface area contributed by atoms with Crippen molar-refractivity contribution in [1.29, 1.82) is 0 Å². The molecule has 20 heavy (non-hydrogen) atoms. The second-order valence-corrected chi connectivity index (χ2v) is 6.01. The molecule has 1 N–H and O–H groups in total. The molecule has 0 aromatic carbocycles. The van der Waals surface area contributed by atoms with Gasteiger partial charge in [0.15, 0.2) is 0 Å². The Morgan fingerprint density at radius 1 is 1.65 bits per heavy atom. The number of aliphatic hydroxyl groups excluding tert-OH is 1. The van der Waals surface area contributed by atoms with Crippen LogP contribution in [0, 0.1) is 17.8 Å². The minimum atomic E-state index is -0.298. The summed E-state index contributed by atoms with van der Waals surface area (Å²) in [6, 6.07) is 1.95. The van der Waals surface area contributed by atoms with Crippen LogP contribution >= 0.6 is 11.3 Å². The lowest BCUT2D eigenvalue weighted by molar-refractivity contribution is -0.141. The van der Waals surface area contributed by atoms with E-state index in [1.807, 2.05) is 11.4 Å². The van der Waals surface area contributed by atoms with Gasteiger partial charge in [-0.05, 0) is 18.4 Å². The maximum absolute atomic E-state index is 12.3. The maximum Gasteiger partial charge on any atom is 0.252 e. The number of hydrogen-bond acceptors (Lipinski definition) is 4. The average molecular weight is 293 g/mol. The fourth-order valence-electron chi connectivity index (χ4n) is 2.21. The Labute approximate surface area is 123 Å². The first kappa shape index (κ1) is 15.0. The summed E-state index contributed by atoms with van der Waals surface area (Å²) in [7, 11) is 1.80. The molecule has 1 aromatic rings. The lowest BCUT2D eigenvalue weighted by atomic mass is 10.0. The number of thiophene rings is 1. The van der Waals surface area contributed by atoms with Gasteiger partial charge in [0, 0.05) is 29.5 Å². The van der Waals surface area contributed by atoms with Crippen molar-refractivity contribution < 1.29 is 14.6 Å². The van der Waals surface area contributed by atoms with Crippen LogP contribution in [0.5, 0.6) is 0 Å². The van der Waals surface area contributed by atoms with Crippen molar-refractivity contribution in [3.8, 4) is 11.8 Å². The first-order valence-corrected chi connectivity index (χ1v) is 7.53. The molecular weight excluding hydrogens is 274 g/mol. The number of rotatable bonds is 3. The van der Waals surface area contributed by atoms with Gasteiger partial charge in [-0.1, -0.05) is 18.8 Å². The smallest absolute Gasteiger partial charge is 0.252 e. The van der Waals surface area contributed by atoms with E-state index in [9.17, 15) is 4.79 Å². The van der Waals surface area contributed by atoms with Crippen molar-refractivity contribution in [2.24, 2.45) is 5.92 Å². The highest BCUT2D eigenvalue weighted by Gasteiger charge is 2.32. The van der Waals surface area contributed by atoms with Crippen molar-refractivity contribution in [1.82, 2.24) is 4.90 Å². The van der Waals surface area contributed by atoms with E-state index in [0.29, 0.717) is 19.1 Å². The summed E-state index contributed by atoms with van der Waals surface area (Å²) in [6.07, 6.45) is 0.651. The highest BCUT2D eigenvalue weighted by molar-refractivity contribution is 7.10. The molecule has 2 unspecified atom stereocenters. The highest BCUT2D eigenvalue weighted by Crippen LogP contribution is 2.23. The van der Waals surface area contributed by atoms with Crippen LogP contribution in [0.4, 0.5) is 0 Å². The first-order chi connectivity index (χ1) is 9.61. The molecule has 1 aromatic heterocycles. The maximum atomic E-state index is 12.3. The van der Waals surface area contributed by atoms with Crippen LogP contribution in [-0.2, 0) is 16.1 Å². The zero-order valence-corrected chi connectivity index (χ0v) is 12.6. The predicted molar refractivity (Wildman–Crippen MR) is 78.3 cm³/mol. The first-order valence-electron chi connectivity index (χ1n) is 6.65. The molecule has 2 rings (SSSR count). The Bertz CT molecular complexity index is 529. The van der Waals surface area contributed by atoms with E-state index in [1.54, 1.807) is 23.3 Å². The largest absolute Gasteiger partial charge is 0.384 e. The van der Waals surface area contributed by atoms with E-state index in [0.717, 1.165) is 16.9 Å². The molecule has 2 heterocycles. The van der Waals surface area contributed by atoms with Crippen LogP contribution < -0.4 is 0 Å². The number of ether oxygens (including phenoxy) is 1. The van der Waals surface area contributed by atoms with Crippen LogP contribution in [-0.4, -0.2) is 42.3 Å². The minimum Gasteiger partial charge on any atom is -0.384 e. The molecule has 108 valence electrons. The van der Waals surface area contributed by atoms with E-state index in [-0.39, 0.29) is 18.6 Å². The van der Waals surface area contributed by atoms with Gasteiger partial charge in [0.2, 0.25) is 0 Å². The minimum absolute atomic E-state index is 0.0476. The van der Waals surface area contributed by atoms with Crippen LogP contribution in [0.3, 0.4) is 0 Å². The molecule has 5 heteroatoms. The monoisotopic (exact) mass is 293 g/mol. The zero-order valence-electron chi connectivity index (χ0n) is 11.8. The van der Waals surface area contributed by atoms with Crippen molar-refractivity contribution in [3.63, 3.8) is 0 Å². The lowest BCUT2D eigenvalue weighted by Crippen LogP contribution is -2.38. The van der Waals surface area contributed by atoms with Gasteiger partial charge in [-0.2, -0.15) is 0 Å². The van der Waals surface area contributed by atoms with Gasteiger partial charge in [0.05, 0.1) is 6.54 Å². The number of likely N-dealkylation sites (N-methyl/N-ethyl adjacent to an activating group) is 1. The van der Waals surface area contributed by atoms with Crippen LogP contribution in [0.1, 0.15) is 23.8 Å². The predicted octanol–water partition coefficient (Wildman–Crippen LogP) is 1.48. The van der Waals surface area contributed by atoms with Gasteiger partial charge in [0.25, 0.3) is 5.91 Å². The van der Waals surface area contributed by atoms with Gasteiger partial charge >= 0.3 is 0 Å². The fourth-order valence-corrected chi connectivity index (χ4v) is 3.08. The highest BCUT2D eigenvalue weighted by atomic mass is 32.1. The third-order valence-electron chi connectivity index (χ3n) is 3.37. The van der Waals surface area contributed by atoms with Crippen molar-refractivity contribution in [2.45, 2.75) is 26.0 Å². The topological polar surface area (TPSA) is 49.8 Å². The van der Waals surface area contributed by atoms with E-state index < -0.39 is 0 Å². The Balaban J connectivity index is 1.95. The molecule has 0 aliphatic carbocycles. The van der Waals surface area contributed by atoms with E-state index in [2.05, 4.69) is 18.8 Å². The van der Waals surface area contributed by atoms with E-state index in [4.69, 9.17) is 9.84 Å². The Morgan fingerprint density at radius 2 is 2.45 bits per heavy atom. The number of carbonyl (C=O) groups excluding carboxylic acids is 1. The third kappa shape index (κ3) is 3.60. The molecule has 0 radical (unpaired) electrons. The van der Waals surface area contributed by atoms with Crippen LogP contribution in [0.2, 0.25) is 0 Å². The van der Waals surface area contributed by atoms with Crippen molar-refractivity contribution in [2.75, 3.05) is 20.3 Å². The third-order valence-corrected chi connectivity index (χ3v) is 4.29. The van der Waals surface area contributed by atoms with Crippen LogP contribution in [0.25, 0.3) is 0 Å². The standard InChI is InChI=1S/C15H19NO3S/c1-11-5-7-19-14(11)15(18)16(2)9-13-8-12(10-20-13)4-3-6-17/h8,10-11,14,17H,5-7,9H2,1-2H3. The van der Waals surface area contributed by atoms with Crippen molar-refractivity contribution >= 4 is 17.2 Å². The van der Waals surface area contributed by atoms with Gasteiger partial charge < -0.3 is 14.7 Å². The molecule has 0 bridgehead atoms. The Kier molecular flexibility index (Phi) is 5.18. The molecule has 0 spiro atoms. The molecule has 1 fully saturated rings. The molecular formula is C15H19NO3S. The molecule has 1 amide bonds. The van der Waals surface area contributed by atoms with Crippen molar-refractivity contribution in [3.05, 3.63) is 21.9 Å².